The second-order valence-corrected chi connectivity index (χ2v) is 16.2. The topological polar surface area (TPSA) is 41.4 Å². The number of hydrogen-bond acceptors (Lipinski definition) is 3. The van der Waals surface area contributed by atoms with Gasteiger partial charge in [-0.25, -0.2) is 4.99 Å². The van der Waals surface area contributed by atoms with E-state index >= 15 is 0 Å². The van der Waals surface area contributed by atoms with E-state index in [9.17, 15) is 0 Å². The van der Waals surface area contributed by atoms with E-state index < -0.39 is 5.41 Å². The Balaban J connectivity index is 1.08. The van der Waals surface area contributed by atoms with E-state index in [2.05, 4.69) is 215 Å². The molecule has 12 rings (SSSR count). The molecule has 9 aromatic rings. The molecule has 0 saturated heterocycles. The number of benzene rings is 8. The molecule has 0 bridgehead atoms. The van der Waals surface area contributed by atoms with Crippen LogP contribution >= 0.6 is 0 Å². The summed E-state index contributed by atoms with van der Waals surface area (Å²) < 4.78 is 2.51. The lowest BCUT2D eigenvalue weighted by Crippen LogP contribution is -2.44. The fraction of sp³-hybridized carbons (Fsp3) is 0.0893. The van der Waals surface area contributed by atoms with Gasteiger partial charge in [0.15, 0.2) is 0 Å². The summed E-state index contributed by atoms with van der Waals surface area (Å²) in [6.07, 6.45) is 9.03. The highest BCUT2D eigenvalue weighted by atomic mass is 15.3. The van der Waals surface area contributed by atoms with Crippen LogP contribution in [0.3, 0.4) is 0 Å². The third-order valence-electron chi connectivity index (χ3n) is 12.9. The van der Waals surface area contributed by atoms with E-state index in [0.717, 1.165) is 41.1 Å². The zero-order valence-electron chi connectivity index (χ0n) is 33.1. The normalized spacial score (nSPS) is 19.5. The molecule has 0 radical (unpaired) electrons. The quantitative estimate of drug-likeness (QED) is 0.177. The van der Waals surface area contributed by atoms with Crippen molar-refractivity contribution in [3.05, 3.63) is 245 Å². The maximum atomic E-state index is 5.14. The minimum atomic E-state index is -0.470. The number of aromatic nitrogens is 1. The Morgan fingerprint density at radius 2 is 1.25 bits per heavy atom. The van der Waals surface area contributed by atoms with E-state index in [1.54, 1.807) is 0 Å². The van der Waals surface area contributed by atoms with Gasteiger partial charge in [-0.2, -0.15) is 0 Å². The lowest BCUT2D eigenvalue weighted by Gasteiger charge is -2.36. The first-order valence-electron chi connectivity index (χ1n) is 21.1. The Kier molecular flexibility index (Phi) is 8.07. The molecule has 0 fully saturated rings. The molecule has 1 aliphatic heterocycles. The van der Waals surface area contributed by atoms with E-state index in [4.69, 9.17) is 4.99 Å². The van der Waals surface area contributed by atoms with E-state index in [1.807, 2.05) is 6.07 Å². The maximum absolute atomic E-state index is 5.14. The zero-order chi connectivity index (χ0) is 39.6. The van der Waals surface area contributed by atoms with Gasteiger partial charge in [-0.15, -0.1) is 0 Å². The molecule has 3 atom stereocenters. The van der Waals surface area contributed by atoms with Crippen LogP contribution in [-0.4, -0.2) is 10.4 Å². The highest BCUT2D eigenvalue weighted by molar-refractivity contribution is 6.27. The van der Waals surface area contributed by atoms with Gasteiger partial charge in [0.25, 0.3) is 0 Å². The van der Waals surface area contributed by atoms with Gasteiger partial charge in [0, 0.05) is 27.4 Å². The number of nitrogens with zero attached hydrogens (tertiary/aromatic N) is 2. The predicted octanol–water partition coefficient (Wildman–Crippen LogP) is 12.9. The Hall–Kier alpha value is -7.27. The van der Waals surface area contributed by atoms with Gasteiger partial charge in [0.1, 0.15) is 18.2 Å². The number of fused-ring (bicyclic) bond motifs is 10. The summed E-state index contributed by atoms with van der Waals surface area (Å²) in [7, 11) is 0. The van der Waals surface area contributed by atoms with Crippen LogP contribution in [0.1, 0.15) is 58.6 Å². The van der Waals surface area contributed by atoms with Crippen LogP contribution in [0.2, 0.25) is 0 Å². The Labute approximate surface area is 349 Å². The molecule has 8 aromatic carbocycles. The van der Waals surface area contributed by atoms with Gasteiger partial charge >= 0.3 is 0 Å². The molecule has 3 aliphatic rings. The van der Waals surface area contributed by atoms with Crippen LogP contribution in [0, 0.1) is 0 Å². The van der Waals surface area contributed by atoms with Crippen LogP contribution in [0.4, 0.5) is 0 Å². The van der Waals surface area contributed by atoms with Gasteiger partial charge in [-0.1, -0.05) is 188 Å². The number of rotatable bonds is 6. The fourth-order valence-electron chi connectivity index (χ4n) is 10.4. The van der Waals surface area contributed by atoms with Crippen LogP contribution in [0.5, 0.6) is 0 Å². The molecule has 0 saturated carbocycles. The monoisotopic (exact) mass is 770 g/mol. The van der Waals surface area contributed by atoms with Gasteiger partial charge in [0.05, 0.1) is 16.4 Å². The van der Waals surface area contributed by atoms with Crippen molar-refractivity contribution in [2.24, 2.45) is 4.99 Å². The summed E-state index contributed by atoms with van der Waals surface area (Å²) in [6.45, 7) is 0. The summed E-state index contributed by atoms with van der Waals surface area (Å²) in [5.74, 6) is 0.881. The molecule has 2 N–H and O–H groups in total. The third-order valence-corrected chi connectivity index (χ3v) is 12.9. The number of hydrogen-bond donors (Lipinski definition) is 2. The van der Waals surface area contributed by atoms with Crippen molar-refractivity contribution in [2.75, 3.05) is 0 Å². The first kappa shape index (κ1) is 34.7. The van der Waals surface area contributed by atoms with Crippen LogP contribution < -0.4 is 10.6 Å². The van der Waals surface area contributed by atoms with E-state index in [1.165, 1.54) is 66.0 Å². The number of nitrogens with one attached hydrogen (secondary N) is 2. The summed E-state index contributed by atoms with van der Waals surface area (Å²) in [6, 6.07) is 68.6. The van der Waals surface area contributed by atoms with Crippen LogP contribution in [0.25, 0.3) is 49.4 Å². The smallest absolute Gasteiger partial charge is 0.131 e. The molecule has 286 valence electrons. The van der Waals surface area contributed by atoms with Gasteiger partial charge in [0.2, 0.25) is 0 Å². The zero-order valence-corrected chi connectivity index (χ0v) is 33.1. The number of allylic oxidation sites excluding steroid dienone is 4. The molecule has 0 spiro atoms. The number of aliphatic imine (C=N–C) groups is 1. The van der Waals surface area contributed by atoms with Crippen molar-refractivity contribution < 1.29 is 0 Å². The predicted molar refractivity (Wildman–Crippen MR) is 248 cm³/mol. The Morgan fingerprint density at radius 3 is 2.02 bits per heavy atom. The molecule has 4 nitrogen and oxygen atoms in total. The first-order valence-corrected chi connectivity index (χ1v) is 21.1. The average Bonchev–Trinajstić information content (AvgIpc) is 3.85. The minimum absolute atomic E-state index is 0.148. The molecule has 3 unspecified atom stereocenters. The SMILES string of the molecule is C1=CC(C2(c3ccccc3)c3ccccc3-c3c2c2ccccc2c2c3c3ccccc3n2-c2ccc(C3NC(c4ccccc4)=NC(c4ccccc4)N3)cc2)=CCC1. The van der Waals surface area contributed by atoms with Crippen molar-refractivity contribution in [2.45, 2.75) is 30.6 Å². The highest BCUT2D eigenvalue weighted by Gasteiger charge is 2.49. The fourth-order valence-corrected chi connectivity index (χ4v) is 10.4. The molecule has 60 heavy (non-hydrogen) atoms. The first-order chi connectivity index (χ1) is 29.8. The average molecular weight is 771 g/mol. The standard InChI is InChI=1S/C56H42N4/c1-5-19-37(20-6-1)53-57-54(38-21-7-2-8-22-38)59-55(58-53)39-33-35-42(36-34-39)60-48-32-18-16-30-46(48)50-49-45-29-15-17-31-47(45)56(40-23-9-3-10-24-40,41-25-11-4-12-26-41)51(49)43-27-13-14-28-44(43)52(50)60/h1-3,5-11,13-36,53,55,58H,4,12H2,(H,57,59). The molecule has 2 heterocycles. The van der Waals surface area contributed by atoms with E-state index in [0.29, 0.717) is 0 Å². The van der Waals surface area contributed by atoms with Crippen molar-refractivity contribution >= 4 is 38.4 Å². The highest BCUT2D eigenvalue weighted by Crippen LogP contribution is 2.62. The lowest BCUT2D eigenvalue weighted by atomic mass is 9.65. The van der Waals surface area contributed by atoms with Gasteiger partial charge < -0.3 is 9.88 Å². The van der Waals surface area contributed by atoms with Gasteiger partial charge in [-0.3, -0.25) is 5.32 Å². The molecule has 1 aromatic heterocycles. The lowest BCUT2D eigenvalue weighted by molar-refractivity contribution is 0.409. The van der Waals surface area contributed by atoms with Crippen molar-refractivity contribution in [1.82, 2.24) is 15.2 Å². The number of amidine groups is 1. The number of para-hydroxylation sites is 1. The Bertz CT molecular complexity index is 3200. The summed E-state index contributed by atoms with van der Waals surface area (Å²) in [5.41, 5.74) is 14.5. The van der Waals surface area contributed by atoms with Gasteiger partial charge in [-0.05, 0) is 80.9 Å². The third kappa shape index (κ3) is 5.17. The molecule has 2 aliphatic carbocycles. The summed E-state index contributed by atoms with van der Waals surface area (Å²) >= 11 is 0. The molecule has 4 heteroatoms. The van der Waals surface area contributed by atoms with Crippen molar-refractivity contribution in [3.63, 3.8) is 0 Å². The maximum Gasteiger partial charge on any atom is 0.131 e. The van der Waals surface area contributed by atoms with Crippen molar-refractivity contribution in [3.8, 4) is 16.8 Å². The minimum Gasteiger partial charge on any atom is -0.350 e. The molecular formula is C56H42N4. The second-order valence-electron chi connectivity index (χ2n) is 16.2. The Morgan fingerprint density at radius 1 is 0.583 bits per heavy atom. The second kappa shape index (κ2) is 13.9. The summed E-state index contributed by atoms with van der Waals surface area (Å²) in [5, 5.41) is 12.6. The van der Waals surface area contributed by atoms with Crippen LogP contribution in [-0.2, 0) is 5.41 Å². The van der Waals surface area contributed by atoms with E-state index in [-0.39, 0.29) is 12.3 Å². The largest absolute Gasteiger partial charge is 0.350 e. The van der Waals surface area contributed by atoms with Crippen LogP contribution in [0.15, 0.2) is 217 Å². The summed E-state index contributed by atoms with van der Waals surface area (Å²) in [4.78, 5) is 5.14. The van der Waals surface area contributed by atoms with Crippen molar-refractivity contribution in [1.29, 1.82) is 0 Å². The molecule has 0 amide bonds. The molecular weight excluding hydrogens is 729 g/mol.